The third-order valence-corrected chi connectivity index (χ3v) is 3.78. The molecule has 0 heterocycles. The molecule has 2 aromatic rings. The van der Waals surface area contributed by atoms with Crippen LogP contribution < -0.4 is 15.4 Å². The van der Waals surface area contributed by atoms with E-state index in [1.54, 1.807) is 12.1 Å². The smallest absolute Gasteiger partial charge is 0.335 e. The minimum Gasteiger partial charge on any atom is -0.494 e. The Morgan fingerprint density at radius 3 is 2.33 bits per heavy atom. The van der Waals surface area contributed by atoms with Crippen LogP contribution in [-0.2, 0) is 9.59 Å². The molecule has 2 aromatic carbocycles. The molecule has 0 radical (unpaired) electrons. The fourth-order valence-corrected chi connectivity index (χ4v) is 2.63. The second kappa shape index (κ2) is 9.38. The van der Waals surface area contributed by atoms with Gasteiger partial charge >= 0.3 is 5.97 Å². The number of hydrogen-bond acceptors (Lipinski definition) is 4. The van der Waals surface area contributed by atoms with Gasteiger partial charge in [0.2, 0.25) is 11.8 Å². The van der Waals surface area contributed by atoms with E-state index in [1.165, 1.54) is 31.2 Å². The number of nitrogens with one attached hydrogen (secondary N) is 2. The van der Waals surface area contributed by atoms with Gasteiger partial charge in [-0.2, -0.15) is 0 Å². The molecule has 3 N–H and O–H groups in total. The van der Waals surface area contributed by atoms with E-state index in [1.807, 2.05) is 19.1 Å². The number of anilines is 1. The Morgan fingerprint density at radius 1 is 1.07 bits per heavy atom. The first-order valence-electron chi connectivity index (χ1n) is 8.52. The van der Waals surface area contributed by atoms with Crippen molar-refractivity contribution in [3.63, 3.8) is 0 Å². The van der Waals surface area contributed by atoms with Crippen molar-refractivity contribution in [1.82, 2.24) is 5.32 Å². The van der Waals surface area contributed by atoms with Crippen LogP contribution in [-0.4, -0.2) is 29.5 Å². The Hall–Kier alpha value is -3.35. The number of carbonyl (C=O) groups excluding carboxylic acids is 2. The zero-order chi connectivity index (χ0) is 19.8. The van der Waals surface area contributed by atoms with E-state index < -0.39 is 12.0 Å². The number of carbonyl (C=O) groups is 3. The highest BCUT2D eigenvalue weighted by molar-refractivity contribution is 5.93. The number of amides is 2. The summed E-state index contributed by atoms with van der Waals surface area (Å²) in [6.07, 6.45) is 0.00432. The van der Waals surface area contributed by atoms with Crippen LogP contribution >= 0.6 is 0 Å². The molecule has 0 aliphatic heterocycles. The van der Waals surface area contributed by atoms with Crippen molar-refractivity contribution in [1.29, 1.82) is 0 Å². The van der Waals surface area contributed by atoms with Crippen molar-refractivity contribution in [3.8, 4) is 5.75 Å². The quantitative estimate of drug-likeness (QED) is 0.663. The molecule has 0 unspecified atom stereocenters. The van der Waals surface area contributed by atoms with E-state index in [9.17, 15) is 14.4 Å². The topological polar surface area (TPSA) is 105 Å². The molecule has 142 valence electrons. The van der Waals surface area contributed by atoms with Gasteiger partial charge in [0, 0.05) is 18.2 Å². The molecule has 0 aliphatic rings. The van der Waals surface area contributed by atoms with Crippen molar-refractivity contribution in [2.24, 2.45) is 0 Å². The molecule has 0 aromatic heterocycles. The van der Waals surface area contributed by atoms with Crippen molar-refractivity contribution in [2.45, 2.75) is 26.3 Å². The summed E-state index contributed by atoms with van der Waals surface area (Å²) >= 11 is 0. The number of hydrogen-bond donors (Lipinski definition) is 3. The molecular weight excluding hydrogens is 348 g/mol. The largest absolute Gasteiger partial charge is 0.494 e. The summed E-state index contributed by atoms with van der Waals surface area (Å²) in [5.74, 6) is -1.00. The molecule has 0 saturated carbocycles. The van der Waals surface area contributed by atoms with Gasteiger partial charge in [0.05, 0.1) is 24.6 Å². The predicted octanol–water partition coefficient (Wildman–Crippen LogP) is 2.99. The standard InChI is InChI=1S/C20H22N2O5/c1-3-27-18-7-5-4-6-16(18)17(21-13(2)23)12-19(24)22-15-10-8-14(9-11-15)20(25)26/h4-11,17H,3,12H2,1-2H3,(H,21,23)(H,22,24)(H,25,26)/t17-/m1/s1. The van der Waals surface area contributed by atoms with E-state index in [4.69, 9.17) is 9.84 Å². The maximum absolute atomic E-state index is 12.4. The van der Waals surface area contributed by atoms with E-state index in [0.29, 0.717) is 23.6 Å². The number of para-hydroxylation sites is 1. The average Bonchev–Trinajstić information content (AvgIpc) is 2.62. The van der Waals surface area contributed by atoms with Crippen LogP contribution in [0.1, 0.15) is 42.2 Å². The third-order valence-electron chi connectivity index (χ3n) is 3.78. The Morgan fingerprint density at radius 2 is 1.74 bits per heavy atom. The van der Waals surface area contributed by atoms with E-state index in [2.05, 4.69) is 10.6 Å². The second-order valence-corrected chi connectivity index (χ2v) is 5.86. The van der Waals surface area contributed by atoms with Crippen LogP contribution in [0.25, 0.3) is 0 Å². The van der Waals surface area contributed by atoms with Crippen LogP contribution in [0.3, 0.4) is 0 Å². The van der Waals surface area contributed by atoms with Gasteiger partial charge in [-0.3, -0.25) is 9.59 Å². The van der Waals surface area contributed by atoms with Gasteiger partial charge < -0.3 is 20.5 Å². The van der Waals surface area contributed by atoms with Crippen LogP contribution in [0.4, 0.5) is 5.69 Å². The van der Waals surface area contributed by atoms with Crippen molar-refractivity contribution in [3.05, 3.63) is 59.7 Å². The highest BCUT2D eigenvalue weighted by Crippen LogP contribution is 2.28. The maximum atomic E-state index is 12.4. The minimum atomic E-state index is -1.04. The van der Waals surface area contributed by atoms with Crippen molar-refractivity contribution < 1.29 is 24.2 Å². The fourth-order valence-electron chi connectivity index (χ4n) is 2.63. The highest BCUT2D eigenvalue weighted by Gasteiger charge is 2.20. The Kier molecular flexibility index (Phi) is 6.93. The lowest BCUT2D eigenvalue weighted by atomic mass is 10.0. The molecule has 27 heavy (non-hydrogen) atoms. The summed E-state index contributed by atoms with van der Waals surface area (Å²) in [5, 5.41) is 14.4. The molecule has 7 heteroatoms. The number of aromatic carboxylic acids is 1. The van der Waals surface area contributed by atoms with E-state index in [-0.39, 0.29) is 23.8 Å². The highest BCUT2D eigenvalue weighted by atomic mass is 16.5. The number of ether oxygens (including phenoxy) is 1. The van der Waals surface area contributed by atoms with Gasteiger partial charge in [0.15, 0.2) is 0 Å². The summed E-state index contributed by atoms with van der Waals surface area (Å²) in [6, 6.07) is 12.5. The first kappa shape index (κ1) is 20.0. The molecule has 0 aliphatic carbocycles. The zero-order valence-electron chi connectivity index (χ0n) is 15.2. The lowest BCUT2D eigenvalue weighted by Gasteiger charge is -2.21. The number of benzene rings is 2. The van der Waals surface area contributed by atoms with Crippen LogP contribution in [0.15, 0.2) is 48.5 Å². The summed E-state index contributed by atoms with van der Waals surface area (Å²) in [7, 11) is 0. The first-order valence-corrected chi connectivity index (χ1v) is 8.52. The fraction of sp³-hybridized carbons (Fsp3) is 0.250. The number of carboxylic acids is 1. The summed E-state index contributed by atoms with van der Waals surface area (Å²) in [4.78, 5) is 34.9. The Balaban J connectivity index is 2.14. The van der Waals surface area contributed by atoms with Gasteiger partial charge in [-0.25, -0.2) is 4.79 Å². The molecule has 0 fully saturated rings. The van der Waals surface area contributed by atoms with Crippen LogP contribution in [0, 0.1) is 0 Å². The van der Waals surface area contributed by atoms with Gasteiger partial charge in [-0.05, 0) is 37.3 Å². The lowest BCUT2D eigenvalue weighted by molar-refractivity contribution is -0.120. The van der Waals surface area contributed by atoms with Gasteiger partial charge in [-0.15, -0.1) is 0 Å². The molecule has 2 amide bonds. The molecule has 0 bridgehead atoms. The van der Waals surface area contributed by atoms with Gasteiger partial charge in [-0.1, -0.05) is 18.2 Å². The summed E-state index contributed by atoms with van der Waals surface area (Å²) < 4.78 is 5.60. The number of rotatable bonds is 8. The number of carboxylic acid groups (broad SMARTS) is 1. The molecular formula is C20H22N2O5. The Bertz CT molecular complexity index is 817. The average molecular weight is 370 g/mol. The van der Waals surface area contributed by atoms with Gasteiger partial charge in [0.25, 0.3) is 0 Å². The summed E-state index contributed by atoms with van der Waals surface area (Å²) in [5.41, 5.74) is 1.32. The molecule has 0 saturated heterocycles. The zero-order valence-corrected chi connectivity index (χ0v) is 15.2. The minimum absolute atomic E-state index is 0.00432. The lowest BCUT2D eigenvalue weighted by Crippen LogP contribution is -2.30. The molecule has 1 atom stereocenters. The normalized spacial score (nSPS) is 11.3. The van der Waals surface area contributed by atoms with Gasteiger partial charge in [0.1, 0.15) is 5.75 Å². The van der Waals surface area contributed by atoms with E-state index in [0.717, 1.165) is 0 Å². The monoisotopic (exact) mass is 370 g/mol. The second-order valence-electron chi connectivity index (χ2n) is 5.86. The molecule has 2 rings (SSSR count). The molecule has 7 nitrogen and oxygen atoms in total. The van der Waals surface area contributed by atoms with Crippen LogP contribution in [0.5, 0.6) is 5.75 Å². The maximum Gasteiger partial charge on any atom is 0.335 e. The summed E-state index contributed by atoms with van der Waals surface area (Å²) in [6.45, 7) is 3.71. The first-order chi connectivity index (χ1) is 12.9. The predicted molar refractivity (Wildman–Crippen MR) is 101 cm³/mol. The third kappa shape index (κ3) is 5.85. The van der Waals surface area contributed by atoms with E-state index >= 15 is 0 Å². The van der Waals surface area contributed by atoms with Crippen molar-refractivity contribution in [2.75, 3.05) is 11.9 Å². The Labute approximate surface area is 157 Å². The van der Waals surface area contributed by atoms with Crippen molar-refractivity contribution >= 4 is 23.5 Å². The molecule has 0 spiro atoms. The van der Waals surface area contributed by atoms with Crippen LogP contribution in [0.2, 0.25) is 0 Å². The SMILES string of the molecule is CCOc1ccccc1[C@@H](CC(=O)Nc1ccc(C(=O)O)cc1)NC(C)=O.